The summed E-state index contributed by atoms with van der Waals surface area (Å²) in [7, 11) is 2.66. The van der Waals surface area contributed by atoms with E-state index in [9.17, 15) is 24.5 Å². The molecule has 1 atom stereocenters. The molecule has 0 aliphatic heterocycles. The Morgan fingerprint density at radius 1 is 1.17 bits per heavy atom. The van der Waals surface area contributed by atoms with Gasteiger partial charge in [0.25, 0.3) is 5.52 Å². The van der Waals surface area contributed by atoms with Gasteiger partial charge in [0.2, 0.25) is 5.65 Å². The van der Waals surface area contributed by atoms with E-state index < -0.39 is 28.2 Å². The molecule has 10 heteroatoms. The number of imidazole rings is 1. The van der Waals surface area contributed by atoms with Crippen molar-refractivity contribution < 1.29 is 9.72 Å². The molecule has 4 rings (SSSR count). The standard InChI is InChI=1S/C19H19N5O5/c1-10(15(25)13-8-7-11-5-4-6-12(11)9-13)23-16-14(20-18(23)24(28)29)17(26)22(3)19(27)21(16)2/h7-10H,4-6H2,1-3H3/t10-/m1/s1. The first-order valence-corrected chi connectivity index (χ1v) is 9.20. The van der Waals surface area contributed by atoms with Crippen molar-refractivity contribution in [3.8, 4) is 0 Å². The number of carbonyl (C=O) groups is 1. The maximum Gasteiger partial charge on any atom is 0.437 e. The first-order chi connectivity index (χ1) is 13.7. The Balaban J connectivity index is 1.93. The molecule has 2 aromatic heterocycles. The molecule has 0 bridgehead atoms. The maximum atomic E-state index is 13.2. The molecule has 10 nitrogen and oxygen atoms in total. The largest absolute Gasteiger partial charge is 0.437 e. The van der Waals surface area contributed by atoms with Crippen LogP contribution in [-0.2, 0) is 26.9 Å². The number of fused-ring (bicyclic) bond motifs is 2. The minimum absolute atomic E-state index is 0.0492. The number of ketones is 1. The average Bonchev–Trinajstić information content (AvgIpc) is 3.33. The molecule has 150 valence electrons. The van der Waals surface area contributed by atoms with E-state index in [1.807, 2.05) is 12.1 Å². The summed E-state index contributed by atoms with van der Waals surface area (Å²) in [5.41, 5.74) is 1.07. The van der Waals surface area contributed by atoms with Gasteiger partial charge < -0.3 is 10.1 Å². The number of aryl methyl sites for hydroxylation is 3. The second-order valence-corrected chi connectivity index (χ2v) is 7.29. The van der Waals surface area contributed by atoms with Crippen molar-refractivity contribution in [2.45, 2.75) is 32.2 Å². The molecule has 2 heterocycles. The average molecular weight is 397 g/mol. The van der Waals surface area contributed by atoms with E-state index in [4.69, 9.17) is 0 Å². The number of carbonyl (C=O) groups excluding carboxylic acids is 1. The van der Waals surface area contributed by atoms with Gasteiger partial charge in [0.05, 0.1) is 0 Å². The van der Waals surface area contributed by atoms with Crippen LogP contribution in [0.4, 0.5) is 5.95 Å². The van der Waals surface area contributed by atoms with Gasteiger partial charge in [0.15, 0.2) is 5.78 Å². The number of hydrogen-bond acceptors (Lipinski definition) is 6. The topological polar surface area (TPSA) is 122 Å². The van der Waals surface area contributed by atoms with Crippen LogP contribution in [-0.4, -0.2) is 29.4 Å². The molecule has 0 radical (unpaired) electrons. The van der Waals surface area contributed by atoms with Crippen molar-refractivity contribution in [3.05, 3.63) is 65.8 Å². The Hall–Kier alpha value is -3.56. The second kappa shape index (κ2) is 6.50. The van der Waals surface area contributed by atoms with E-state index in [0.717, 1.165) is 38.5 Å². The zero-order valence-corrected chi connectivity index (χ0v) is 16.2. The van der Waals surface area contributed by atoms with Gasteiger partial charge in [-0.15, -0.1) is 0 Å². The maximum absolute atomic E-state index is 13.2. The van der Waals surface area contributed by atoms with Crippen molar-refractivity contribution in [1.29, 1.82) is 0 Å². The Bertz CT molecular complexity index is 1310. The van der Waals surface area contributed by atoms with Gasteiger partial charge in [-0.25, -0.2) is 4.79 Å². The van der Waals surface area contributed by atoms with E-state index >= 15 is 0 Å². The van der Waals surface area contributed by atoms with Crippen LogP contribution in [0.5, 0.6) is 0 Å². The van der Waals surface area contributed by atoms with Gasteiger partial charge in [-0.05, 0) is 48.3 Å². The molecular formula is C19H19N5O5. The number of hydrogen-bond donors (Lipinski definition) is 0. The molecule has 0 saturated carbocycles. The minimum atomic E-state index is -1.03. The summed E-state index contributed by atoms with van der Waals surface area (Å²) in [6, 6.07) is 4.42. The SMILES string of the molecule is C[C@H](C(=O)c1ccc2c(c1)CCC2)n1c([N+](=O)[O-])nc2c(=O)n(C)c(=O)n(C)c21. The summed E-state index contributed by atoms with van der Waals surface area (Å²) in [5.74, 6) is -1.00. The van der Waals surface area contributed by atoms with Crippen LogP contribution >= 0.6 is 0 Å². The van der Waals surface area contributed by atoms with Crippen molar-refractivity contribution in [2.24, 2.45) is 14.1 Å². The highest BCUT2D eigenvalue weighted by Crippen LogP contribution is 2.28. The lowest BCUT2D eigenvalue weighted by molar-refractivity contribution is -0.396. The number of rotatable bonds is 4. The van der Waals surface area contributed by atoms with Crippen molar-refractivity contribution >= 4 is 22.9 Å². The highest BCUT2D eigenvalue weighted by molar-refractivity contribution is 6.00. The van der Waals surface area contributed by atoms with Gasteiger partial charge in [0.1, 0.15) is 6.04 Å². The summed E-state index contributed by atoms with van der Waals surface area (Å²) in [6.45, 7) is 1.51. The Kier molecular flexibility index (Phi) is 4.21. The van der Waals surface area contributed by atoms with Crippen LogP contribution in [0.2, 0.25) is 0 Å². The van der Waals surface area contributed by atoms with E-state index in [0.29, 0.717) is 5.56 Å². The minimum Gasteiger partial charge on any atom is -0.390 e. The first kappa shape index (κ1) is 18.8. The zero-order valence-electron chi connectivity index (χ0n) is 16.2. The second-order valence-electron chi connectivity index (χ2n) is 7.29. The number of benzene rings is 1. The molecule has 0 N–H and O–H groups in total. The highest BCUT2D eigenvalue weighted by atomic mass is 16.6. The van der Waals surface area contributed by atoms with E-state index in [-0.39, 0.29) is 16.9 Å². The molecule has 29 heavy (non-hydrogen) atoms. The zero-order chi connectivity index (χ0) is 21.0. The quantitative estimate of drug-likeness (QED) is 0.371. The molecular weight excluding hydrogens is 378 g/mol. The first-order valence-electron chi connectivity index (χ1n) is 9.20. The molecule has 3 aromatic rings. The van der Waals surface area contributed by atoms with Gasteiger partial charge in [0, 0.05) is 19.7 Å². The third kappa shape index (κ3) is 2.71. The van der Waals surface area contributed by atoms with Crippen LogP contribution in [0.25, 0.3) is 11.2 Å². The Morgan fingerprint density at radius 2 is 1.86 bits per heavy atom. The Morgan fingerprint density at radius 3 is 2.55 bits per heavy atom. The fraction of sp³-hybridized carbons (Fsp3) is 0.368. The molecule has 0 spiro atoms. The summed E-state index contributed by atoms with van der Waals surface area (Å²) >= 11 is 0. The summed E-state index contributed by atoms with van der Waals surface area (Å²) in [4.78, 5) is 52.7. The van der Waals surface area contributed by atoms with E-state index in [1.54, 1.807) is 6.07 Å². The van der Waals surface area contributed by atoms with Crippen molar-refractivity contribution in [2.75, 3.05) is 0 Å². The predicted molar refractivity (Wildman–Crippen MR) is 104 cm³/mol. The van der Waals surface area contributed by atoms with Gasteiger partial charge in [-0.2, -0.15) is 4.57 Å². The number of nitro groups is 1. The van der Waals surface area contributed by atoms with Crippen molar-refractivity contribution in [1.82, 2.24) is 18.7 Å². The molecule has 1 aliphatic rings. The van der Waals surface area contributed by atoms with Crippen molar-refractivity contribution in [3.63, 3.8) is 0 Å². The van der Waals surface area contributed by atoms with Crippen LogP contribution < -0.4 is 11.2 Å². The fourth-order valence-corrected chi connectivity index (χ4v) is 4.01. The van der Waals surface area contributed by atoms with E-state index in [1.165, 1.54) is 26.6 Å². The van der Waals surface area contributed by atoms with Crippen LogP contribution in [0.3, 0.4) is 0 Å². The third-order valence-corrected chi connectivity index (χ3v) is 5.58. The van der Waals surface area contributed by atoms with Crippen LogP contribution in [0, 0.1) is 10.1 Å². The predicted octanol–water partition coefficient (Wildman–Crippen LogP) is 1.27. The molecule has 0 unspecified atom stereocenters. The van der Waals surface area contributed by atoms with Gasteiger partial charge in [-0.1, -0.05) is 17.1 Å². The smallest absolute Gasteiger partial charge is 0.390 e. The van der Waals surface area contributed by atoms with Gasteiger partial charge >= 0.3 is 17.2 Å². The molecule has 1 aromatic carbocycles. The molecule has 1 aliphatic carbocycles. The number of nitrogens with zero attached hydrogens (tertiary/aromatic N) is 5. The number of Topliss-reactive ketones (excluding diaryl/α,β-unsaturated/α-hetero) is 1. The van der Waals surface area contributed by atoms with Gasteiger partial charge in [-0.3, -0.25) is 18.7 Å². The Labute approximate surface area is 164 Å². The summed E-state index contributed by atoms with van der Waals surface area (Å²) in [6.07, 6.45) is 2.90. The molecule has 0 fully saturated rings. The lowest BCUT2D eigenvalue weighted by Crippen LogP contribution is -2.37. The molecule has 0 saturated heterocycles. The monoisotopic (exact) mass is 397 g/mol. The van der Waals surface area contributed by atoms with E-state index in [2.05, 4.69) is 4.98 Å². The number of aromatic nitrogens is 4. The fourth-order valence-electron chi connectivity index (χ4n) is 4.01. The molecule has 0 amide bonds. The summed E-state index contributed by atoms with van der Waals surface area (Å²) < 4.78 is 2.99. The lowest BCUT2D eigenvalue weighted by Gasteiger charge is -2.13. The highest BCUT2D eigenvalue weighted by Gasteiger charge is 2.34. The summed E-state index contributed by atoms with van der Waals surface area (Å²) in [5, 5.41) is 11.6. The van der Waals surface area contributed by atoms with Crippen LogP contribution in [0.15, 0.2) is 27.8 Å². The van der Waals surface area contributed by atoms with Crippen LogP contribution in [0.1, 0.15) is 40.9 Å². The normalized spacial score (nSPS) is 14.2. The lowest BCUT2D eigenvalue weighted by atomic mass is 10.0. The third-order valence-electron chi connectivity index (χ3n) is 5.58.